The number of carbonyl (C=O) groups is 2. The fraction of sp³-hybridized carbons (Fsp3) is 0.680. The Balaban J connectivity index is 1.53. The molecule has 12 heteroatoms. The zero-order valence-electron chi connectivity index (χ0n) is 21.6. The van der Waals surface area contributed by atoms with Crippen LogP contribution in [0.1, 0.15) is 52.0 Å². The molecule has 1 aromatic rings. The molecule has 1 aliphatic carbocycles. The molecule has 0 aromatic heterocycles. The minimum atomic E-state index is -4.62. The first-order valence-electron chi connectivity index (χ1n) is 12.5. The molecule has 0 bridgehead atoms. The van der Waals surface area contributed by atoms with Gasteiger partial charge in [0.25, 0.3) is 0 Å². The van der Waals surface area contributed by atoms with Gasteiger partial charge in [-0.2, -0.15) is 17.5 Å². The summed E-state index contributed by atoms with van der Waals surface area (Å²) in [5.41, 5.74) is -1.65. The normalized spacial score (nSPS) is 23.5. The number of nitrogens with one attached hydrogen (secondary N) is 1. The van der Waals surface area contributed by atoms with Crippen LogP contribution in [0.3, 0.4) is 0 Å². The molecule has 0 spiro atoms. The smallest absolute Gasteiger partial charge is 0.416 e. The van der Waals surface area contributed by atoms with Crippen LogP contribution >= 0.6 is 0 Å². The van der Waals surface area contributed by atoms with Crippen LogP contribution in [0, 0.1) is 11.8 Å². The number of amides is 1. The quantitative estimate of drug-likeness (QED) is 0.372. The average molecular weight is 548 g/mol. The highest BCUT2D eigenvalue weighted by Gasteiger charge is 2.46. The summed E-state index contributed by atoms with van der Waals surface area (Å²) in [6, 6.07) is 3.32. The van der Waals surface area contributed by atoms with Crippen LogP contribution in [-0.2, 0) is 25.7 Å². The summed E-state index contributed by atoms with van der Waals surface area (Å²) in [7, 11) is -2.51. The topological polar surface area (TPSA) is 96.0 Å². The maximum atomic E-state index is 13.1. The highest BCUT2D eigenvalue weighted by molar-refractivity contribution is 7.89. The number of aldehydes is 1. The van der Waals surface area contributed by atoms with E-state index in [1.165, 1.54) is 22.3 Å². The molecule has 1 heterocycles. The van der Waals surface area contributed by atoms with Gasteiger partial charge in [-0.15, -0.1) is 0 Å². The minimum absolute atomic E-state index is 0.0619. The third kappa shape index (κ3) is 7.23. The van der Waals surface area contributed by atoms with Crippen molar-refractivity contribution in [2.24, 2.45) is 11.8 Å². The van der Waals surface area contributed by atoms with Crippen LogP contribution in [0.5, 0.6) is 0 Å². The maximum absolute atomic E-state index is 13.1. The summed E-state index contributed by atoms with van der Waals surface area (Å²) >= 11 is 0. The van der Waals surface area contributed by atoms with Gasteiger partial charge in [-0.25, -0.2) is 13.2 Å². The van der Waals surface area contributed by atoms with Crippen molar-refractivity contribution in [1.82, 2.24) is 14.5 Å². The summed E-state index contributed by atoms with van der Waals surface area (Å²) in [4.78, 5) is 24.7. The standard InChI is InChI=1S/C25H36F3N3O5S/c1-24(2,3)36-23(33)30(4)19(16-32)8-6-12-29-22-11-10-17-14-31(15-21(17)22)37(34,35)20-9-5-7-18(13-20)25(26,27)28/h5,7,9,13,16-17,19,21-22,29H,6,8,10-12,14-15H2,1-4H3/t17-,19+,21+,22+/m1/s1. The van der Waals surface area contributed by atoms with Crippen molar-refractivity contribution >= 4 is 22.4 Å². The number of halogens is 3. The minimum Gasteiger partial charge on any atom is -0.444 e. The van der Waals surface area contributed by atoms with E-state index in [2.05, 4.69) is 5.32 Å². The largest absolute Gasteiger partial charge is 0.444 e. The van der Waals surface area contributed by atoms with Crippen molar-refractivity contribution in [3.63, 3.8) is 0 Å². The van der Waals surface area contributed by atoms with Crippen LogP contribution < -0.4 is 5.32 Å². The SMILES string of the molecule is CN(C(=O)OC(C)(C)C)[C@H](C=O)CCCN[C@H]1CC[C@@H]2CN(S(=O)(=O)c3cccc(C(F)(F)F)c3)C[C@@H]21. The molecule has 1 saturated heterocycles. The predicted octanol–water partition coefficient (Wildman–Crippen LogP) is 3.91. The molecular formula is C25H36F3N3O5S. The highest BCUT2D eigenvalue weighted by atomic mass is 32.2. The Morgan fingerprint density at radius 2 is 1.95 bits per heavy atom. The van der Waals surface area contributed by atoms with Crippen molar-refractivity contribution < 1.29 is 35.9 Å². The number of hydrogen-bond donors (Lipinski definition) is 1. The van der Waals surface area contributed by atoms with E-state index in [0.29, 0.717) is 25.5 Å². The molecule has 8 nitrogen and oxygen atoms in total. The van der Waals surface area contributed by atoms with Gasteiger partial charge in [0.15, 0.2) is 0 Å². The Bertz CT molecular complexity index is 1070. The second-order valence-electron chi connectivity index (χ2n) is 10.8. The molecule has 1 aromatic carbocycles. The maximum Gasteiger partial charge on any atom is 0.416 e. The second kappa shape index (κ2) is 11.3. The number of likely N-dealkylation sites (N-methyl/N-ethyl adjacent to an activating group) is 1. The Kier molecular flexibility index (Phi) is 8.96. The van der Waals surface area contributed by atoms with Gasteiger partial charge in [-0.1, -0.05) is 6.07 Å². The van der Waals surface area contributed by atoms with Gasteiger partial charge in [-0.05, 0) is 83.0 Å². The van der Waals surface area contributed by atoms with Crippen molar-refractivity contribution in [1.29, 1.82) is 0 Å². The van der Waals surface area contributed by atoms with E-state index in [9.17, 15) is 31.2 Å². The Labute approximate surface area is 216 Å². The van der Waals surface area contributed by atoms with Gasteiger partial charge in [0, 0.05) is 26.2 Å². The summed E-state index contributed by atoms with van der Waals surface area (Å²) < 4.78 is 72.0. The number of alkyl halides is 3. The highest BCUT2D eigenvalue weighted by Crippen LogP contribution is 2.40. The molecule has 208 valence electrons. The molecule has 1 saturated carbocycles. The Morgan fingerprint density at radius 1 is 1.24 bits per heavy atom. The number of nitrogens with zero attached hydrogens (tertiary/aromatic N) is 2. The van der Waals surface area contributed by atoms with Gasteiger partial charge >= 0.3 is 12.3 Å². The lowest BCUT2D eigenvalue weighted by molar-refractivity contribution is -0.137. The third-order valence-corrected chi connectivity index (χ3v) is 8.87. The summed E-state index contributed by atoms with van der Waals surface area (Å²) in [6.07, 6.45) is -1.68. The molecular weight excluding hydrogens is 511 g/mol. The van der Waals surface area contributed by atoms with E-state index in [-0.39, 0.29) is 35.9 Å². The molecule has 1 aliphatic heterocycles. The summed E-state index contributed by atoms with van der Waals surface area (Å²) in [5.74, 6) is 0.200. The monoisotopic (exact) mass is 547 g/mol. The lowest BCUT2D eigenvalue weighted by Gasteiger charge is -2.28. The van der Waals surface area contributed by atoms with E-state index in [1.54, 1.807) is 20.8 Å². The summed E-state index contributed by atoms with van der Waals surface area (Å²) in [5, 5.41) is 3.46. The number of benzene rings is 1. The van der Waals surface area contributed by atoms with Gasteiger partial charge in [0.2, 0.25) is 10.0 Å². The number of sulfonamides is 1. The van der Waals surface area contributed by atoms with Gasteiger partial charge < -0.3 is 19.7 Å². The number of fused-ring (bicyclic) bond motifs is 1. The van der Waals surface area contributed by atoms with Crippen LogP contribution in [0.4, 0.5) is 18.0 Å². The molecule has 1 N–H and O–H groups in total. The lowest BCUT2D eigenvalue weighted by Crippen LogP contribution is -2.42. The van der Waals surface area contributed by atoms with E-state index < -0.39 is 39.5 Å². The van der Waals surface area contributed by atoms with Crippen LogP contribution in [0.15, 0.2) is 29.2 Å². The fourth-order valence-corrected chi connectivity index (χ4v) is 6.66. The molecule has 4 atom stereocenters. The molecule has 3 rings (SSSR count). The third-order valence-electron chi connectivity index (χ3n) is 7.04. The number of carbonyl (C=O) groups excluding carboxylic acids is 2. The second-order valence-corrected chi connectivity index (χ2v) is 12.8. The fourth-order valence-electron chi connectivity index (χ4n) is 5.08. The van der Waals surface area contributed by atoms with Crippen molar-refractivity contribution in [3.05, 3.63) is 29.8 Å². The zero-order valence-corrected chi connectivity index (χ0v) is 22.4. The Morgan fingerprint density at radius 3 is 2.57 bits per heavy atom. The van der Waals surface area contributed by atoms with Crippen molar-refractivity contribution in [2.45, 2.75) is 75.2 Å². The first-order valence-corrected chi connectivity index (χ1v) is 13.9. The van der Waals surface area contributed by atoms with E-state index >= 15 is 0 Å². The average Bonchev–Trinajstić information content (AvgIpc) is 3.39. The molecule has 2 aliphatic rings. The van der Waals surface area contributed by atoms with Gasteiger partial charge in [-0.3, -0.25) is 0 Å². The molecule has 0 radical (unpaired) electrons. The van der Waals surface area contributed by atoms with Crippen LogP contribution in [0.2, 0.25) is 0 Å². The van der Waals surface area contributed by atoms with Gasteiger partial charge in [0.1, 0.15) is 11.9 Å². The molecule has 0 unspecified atom stereocenters. The lowest BCUT2D eigenvalue weighted by atomic mass is 9.97. The van der Waals surface area contributed by atoms with Gasteiger partial charge in [0.05, 0.1) is 16.5 Å². The van der Waals surface area contributed by atoms with Crippen molar-refractivity contribution in [3.8, 4) is 0 Å². The van der Waals surface area contributed by atoms with Crippen molar-refractivity contribution in [2.75, 3.05) is 26.7 Å². The number of rotatable bonds is 9. The Hall–Kier alpha value is -2.18. The summed E-state index contributed by atoms with van der Waals surface area (Å²) in [6.45, 7) is 6.38. The van der Waals surface area contributed by atoms with Crippen LogP contribution in [-0.4, -0.2) is 74.4 Å². The first-order chi connectivity index (χ1) is 17.1. The first kappa shape index (κ1) is 29.4. The van der Waals surface area contributed by atoms with Crippen LogP contribution in [0.25, 0.3) is 0 Å². The molecule has 37 heavy (non-hydrogen) atoms. The van der Waals surface area contributed by atoms with E-state index in [4.69, 9.17) is 4.74 Å². The predicted molar refractivity (Wildman–Crippen MR) is 131 cm³/mol. The van der Waals surface area contributed by atoms with E-state index in [1.807, 2.05) is 0 Å². The van der Waals surface area contributed by atoms with E-state index in [0.717, 1.165) is 31.3 Å². The zero-order chi connectivity index (χ0) is 27.6. The number of ether oxygens (including phenoxy) is 1. The molecule has 2 fully saturated rings. The molecule has 1 amide bonds. The number of hydrogen-bond acceptors (Lipinski definition) is 6.